The predicted molar refractivity (Wildman–Crippen MR) is 83.1 cm³/mol. The van der Waals surface area contributed by atoms with Gasteiger partial charge < -0.3 is 9.88 Å². The molecule has 1 aromatic rings. The molecule has 1 aromatic heterocycles. The molecule has 1 heterocycles. The van der Waals surface area contributed by atoms with Gasteiger partial charge in [-0.25, -0.2) is 4.98 Å². The summed E-state index contributed by atoms with van der Waals surface area (Å²) in [6.45, 7) is 9.89. The largest absolute Gasteiger partial charge is 0.365 e. The molecule has 2 rings (SSSR count). The van der Waals surface area contributed by atoms with Gasteiger partial charge in [-0.2, -0.15) is 0 Å². The SMILES string of the molecule is CC(CCNc1nccn(C2CC2)c1=O)CC(C)(C)C. The standard InChI is InChI=1S/C16H27N3O/c1-12(11-16(2,3)4)7-8-17-14-15(20)19(10-9-18-14)13-5-6-13/h9-10,12-13H,5-8,11H2,1-4H3,(H,17,18). The van der Waals surface area contributed by atoms with E-state index in [1.165, 1.54) is 6.42 Å². The quantitative estimate of drug-likeness (QED) is 0.866. The molecule has 4 heteroatoms. The fourth-order valence-corrected chi connectivity index (χ4v) is 2.77. The lowest BCUT2D eigenvalue weighted by Crippen LogP contribution is -2.24. The summed E-state index contributed by atoms with van der Waals surface area (Å²) in [5.74, 6) is 1.15. The number of nitrogens with zero attached hydrogens (tertiary/aromatic N) is 2. The zero-order valence-electron chi connectivity index (χ0n) is 13.1. The van der Waals surface area contributed by atoms with Gasteiger partial charge in [0.1, 0.15) is 0 Å². The van der Waals surface area contributed by atoms with Crippen LogP contribution in [-0.2, 0) is 0 Å². The minimum Gasteiger partial charge on any atom is -0.365 e. The van der Waals surface area contributed by atoms with Gasteiger partial charge in [-0.1, -0.05) is 27.7 Å². The highest BCUT2D eigenvalue weighted by molar-refractivity contribution is 5.31. The predicted octanol–water partition coefficient (Wildman–Crippen LogP) is 3.45. The van der Waals surface area contributed by atoms with E-state index in [2.05, 4.69) is 38.0 Å². The molecule has 0 bridgehead atoms. The first kappa shape index (κ1) is 15.1. The fraction of sp³-hybridized carbons (Fsp3) is 0.750. The van der Waals surface area contributed by atoms with Crippen LogP contribution in [0.2, 0.25) is 0 Å². The van der Waals surface area contributed by atoms with Crippen molar-refractivity contribution in [3.63, 3.8) is 0 Å². The third kappa shape index (κ3) is 4.36. The second-order valence-electron chi connectivity index (χ2n) is 7.30. The summed E-state index contributed by atoms with van der Waals surface area (Å²) in [7, 11) is 0. The molecule has 1 fully saturated rings. The molecule has 1 atom stereocenters. The Hall–Kier alpha value is -1.32. The molecule has 1 aliphatic rings. The van der Waals surface area contributed by atoms with Gasteiger partial charge in [-0.05, 0) is 37.0 Å². The monoisotopic (exact) mass is 277 g/mol. The first-order chi connectivity index (χ1) is 9.37. The molecule has 4 nitrogen and oxygen atoms in total. The molecule has 20 heavy (non-hydrogen) atoms. The minimum atomic E-state index is 0.0264. The van der Waals surface area contributed by atoms with Crippen molar-refractivity contribution in [1.82, 2.24) is 9.55 Å². The van der Waals surface area contributed by atoms with Crippen molar-refractivity contribution in [2.24, 2.45) is 11.3 Å². The normalized spacial score (nSPS) is 17.0. The van der Waals surface area contributed by atoms with E-state index in [0.717, 1.165) is 25.8 Å². The van der Waals surface area contributed by atoms with Crippen molar-refractivity contribution in [2.75, 3.05) is 11.9 Å². The molecule has 0 saturated heterocycles. The van der Waals surface area contributed by atoms with E-state index in [1.807, 2.05) is 4.57 Å². The summed E-state index contributed by atoms with van der Waals surface area (Å²) >= 11 is 0. The van der Waals surface area contributed by atoms with E-state index in [0.29, 0.717) is 23.2 Å². The molecule has 112 valence electrons. The number of nitrogens with one attached hydrogen (secondary N) is 1. The van der Waals surface area contributed by atoms with Gasteiger partial charge in [0.05, 0.1) is 0 Å². The van der Waals surface area contributed by atoms with E-state index in [4.69, 9.17) is 0 Å². The number of aromatic nitrogens is 2. The maximum Gasteiger partial charge on any atom is 0.293 e. The van der Waals surface area contributed by atoms with Crippen molar-refractivity contribution < 1.29 is 0 Å². The summed E-state index contributed by atoms with van der Waals surface area (Å²) < 4.78 is 1.81. The van der Waals surface area contributed by atoms with Gasteiger partial charge >= 0.3 is 0 Å². The van der Waals surface area contributed by atoms with Crippen LogP contribution in [0, 0.1) is 11.3 Å². The smallest absolute Gasteiger partial charge is 0.293 e. The first-order valence-corrected chi connectivity index (χ1v) is 7.68. The van der Waals surface area contributed by atoms with Gasteiger partial charge in [0.15, 0.2) is 5.82 Å². The average Bonchev–Trinajstić information content (AvgIpc) is 3.13. The van der Waals surface area contributed by atoms with E-state index in [9.17, 15) is 4.79 Å². The van der Waals surface area contributed by atoms with Crippen LogP contribution in [-0.4, -0.2) is 16.1 Å². The molecular formula is C16H27N3O. The number of anilines is 1. The van der Waals surface area contributed by atoms with Crippen molar-refractivity contribution in [3.8, 4) is 0 Å². The van der Waals surface area contributed by atoms with Crippen LogP contribution in [0.25, 0.3) is 0 Å². The molecule has 1 N–H and O–H groups in total. The van der Waals surface area contributed by atoms with Crippen LogP contribution in [0.3, 0.4) is 0 Å². The lowest BCUT2D eigenvalue weighted by atomic mass is 9.84. The Kier molecular flexibility index (Phi) is 4.51. The zero-order valence-corrected chi connectivity index (χ0v) is 13.1. The Morgan fingerprint density at radius 2 is 2.15 bits per heavy atom. The van der Waals surface area contributed by atoms with E-state index >= 15 is 0 Å². The van der Waals surface area contributed by atoms with Crippen molar-refractivity contribution >= 4 is 5.82 Å². The van der Waals surface area contributed by atoms with Crippen LogP contribution in [0.5, 0.6) is 0 Å². The Balaban J connectivity index is 1.85. The van der Waals surface area contributed by atoms with E-state index in [1.54, 1.807) is 12.4 Å². The van der Waals surface area contributed by atoms with E-state index < -0.39 is 0 Å². The maximum absolute atomic E-state index is 12.2. The number of rotatable bonds is 6. The highest BCUT2D eigenvalue weighted by atomic mass is 16.1. The lowest BCUT2D eigenvalue weighted by Gasteiger charge is -2.23. The summed E-state index contributed by atoms with van der Waals surface area (Å²) in [4.78, 5) is 16.4. The second kappa shape index (κ2) is 5.98. The number of hydrogen-bond acceptors (Lipinski definition) is 3. The molecule has 0 aromatic carbocycles. The summed E-state index contributed by atoms with van der Waals surface area (Å²) in [6, 6.07) is 0.408. The summed E-state index contributed by atoms with van der Waals surface area (Å²) in [6.07, 6.45) is 8.02. The Labute approximate surface area is 121 Å². The highest BCUT2D eigenvalue weighted by Gasteiger charge is 2.25. The zero-order chi connectivity index (χ0) is 14.8. The maximum atomic E-state index is 12.2. The molecule has 1 aliphatic carbocycles. The molecule has 0 aliphatic heterocycles. The van der Waals surface area contributed by atoms with Gasteiger partial charge in [0, 0.05) is 25.0 Å². The fourth-order valence-electron chi connectivity index (χ4n) is 2.77. The first-order valence-electron chi connectivity index (χ1n) is 7.68. The Morgan fingerprint density at radius 3 is 2.75 bits per heavy atom. The summed E-state index contributed by atoms with van der Waals surface area (Å²) in [5.41, 5.74) is 0.391. The molecule has 1 saturated carbocycles. The van der Waals surface area contributed by atoms with Crippen LogP contribution in [0.15, 0.2) is 17.2 Å². The van der Waals surface area contributed by atoms with Crippen LogP contribution >= 0.6 is 0 Å². The average molecular weight is 277 g/mol. The molecule has 0 spiro atoms. The van der Waals surface area contributed by atoms with Crippen molar-refractivity contribution in [2.45, 2.75) is 59.4 Å². The lowest BCUT2D eigenvalue weighted by molar-refractivity contribution is 0.300. The van der Waals surface area contributed by atoms with Crippen LogP contribution in [0.1, 0.15) is 59.4 Å². The summed E-state index contributed by atoms with van der Waals surface area (Å²) in [5, 5.41) is 3.21. The Morgan fingerprint density at radius 1 is 1.45 bits per heavy atom. The Bertz CT molecular complexity index is 497. The third-order valence-electron chi connectivity index (χ3n) is 3.70. The second-order valence-corrected chi connectivity index (χ2v) is 7.30. The number of hydrogen-bond donors (Lipinski definition) is 1. The molecule has 0 amide bonds. The van der Waals surface area contributed by atoms with Gasteiger partial charge in [0.2, 0.25) is 0 Å². The van der Waals surface area contributed by atoms with Crippen LogP contribution < -0.4 is 10.9 Å². The van der Waals surface area contributed by atoms with Gasteiger partial charge in [0.25, 0.3) is 5.56 Å². The molecule has 0 radical (unpaired) electrons. The van der Waals surface area contributed by atoms with Gasteiger partial charge in [-0.15, -0.1) is 0 Å². The van der Waals surface area contributed by atoms with Crippen molar-refractivity contribution in [1.29, 1.82) is 0 Å². The molecule has 1 unspecified atom stereocenters. The topological polar surface area (TPSA) is 46.9 Å². The minimum absolute atomic E-state index is 0.0264. The van der Waals surface area contributed by atoms with Crippen LogP contribution in [0.4, 0.5) is 5.82 Å². The van der Waals surface area contributed by atoms with E-state index in [-0.39, 0.29) is 5.56 Å². The third-order valence-corrected chi connectivity index (χ3v) is 3.70. The van der Waals surface area contributed by atoms with Gasteiger partial charge in [-0.3, -0.25) is 4.79 Å². The highest BCUT2D eigenvalue weighted by Crippen LogP contribution is 2.33. The molecular weight excluding hydrogens is 250 g/mol. The van der Waals surface area contributed by atoms with Crippen molar-refractivity contribution in [3.05, 3.63) is 22.7 Å².